The number of hydrogen-bond donors (Lipinski definition) is 2. The molecule has 1 aliphatic carbocycles. The van der Waals surface area contributed by atoms with Gasteiger partial charge in [-0.15, -0.1) is 0 Å². The minimum Gasteiger partial charge on any atom is -0.497 e. The smallest absolute Gasteiger partial charge is 0.191 e. The molecule has 0 atom stereocenters. The van der Waals surface area contributed by atoms with Crippen LogP contribution in [0, 0.1) is 0 Å². The first kappa shape index (κ1) is 16.0. The van der Waals surface area contributed by atoms with Gasteiger partial charge in [-0.3, -0.25) is 4.99 Å². The summed E-state index contributed by atoms with van der Waals surface area (Å²) in [6.07, 6.45) is 5.97. The SMILES string of the molecule is CN=C(NCCc1ccc(OC)cc1Cl)NC1CCCC1. The fraction of sp³-hybridized carbons (Fsp3) is 0.562. The van der Waals surface area contributed by atoms with Crippen molar-refractivity contribution in [2.45, 2.75) is 38.1 Å². The van der Waals surface area contributed by atoms with Crippen LogP contribution >= 0.6 is 11.6 Å². The van der Waals surface area contributed by atoms with E-state index in [1.807, 2.05) is 25.2 Å². The van der Waals surface area contributed by atoms with Crippen LogP contribution in [0.3, 0.4) is 0 Å². The van der Waals surface area contributed by atoms with Crippen molar-refractivity contribution in [1.82, 2.24) is 10.6 Å². The molecule has 5 heteroatoms. The third-order valence-corrected chi connectivity index (χ3v) is 4.22. The van der Waals surface area contributed by atoms with E-state index in [1.54, 1.807) is 7.11 Å². The fourth-order valence-electron chi connectivity index (χ4n) is 2.63. The molecular formula is C16H24ClN3O. The second-order valence-corrected chi connectivity index (χ2v) is 5.74. The number of halogens is 1. The molecule has 0 saturated heterocycles. The Balaban J connectivity index is 1.79. The monoisotopic (exact) mass is 309 g/mol. The lowest BCUT2D eigenvalue weighted by atomic mass is 10.1. The molecule has 1 saturated carbocycles. The first-order valence-corrected chi connectivity index (χ1v) is 7.90. The van der Waals surface area contributed by atoms with E-state index < -0.39 is 0 Å². The van der Waals surface area contributed by atoms with Crippen molar-refractivity contribution < 1.29 is 4.74 Å². The maximum Gasteiger partial charge on any atom is 0.191 e. The molecule has 1 fully saturated rings. The number of rotatable bonds is 5. The van der Waals surface area contributed by atoms with Crippen molar-refractivity contribution in [3.05, 3.63) is 28.8 Å². The van der Waals surface area contributed by atoms with Gasteiger partial charge in [-0.25, -0.2) is 0 Å². The zero-order valence-corrected chi connectivity index (χ0v) is 13.5. The van der Waals surface area contributed by atoms with Gasteiger partial charge in [0.15, 0.2) is 5.96 Å². The minimum atomic E-state index is 0.570. The normalized spacial score (nSPS) is 16.0. The lowest BCUT2D eigenvalue weighted by Gasteiger charge is -2.17. The highest BCUT2D eigenvalue weighted by atomic mass is 35.5. The fourth-order valence-corrected chi connectivity index (χ4v) is 2.90. The van der Waals surface area contributed by atoms with Crippen molar-refractivity contribution in [2.75, 3.05) is 20.7 Å². The third kappa shape index (κ3) is 4.81. The summed E-state index contributed by atoms with van der Waals surface area (Å²) in [4.78, 5) is 4.27. The van der Waals surface area contributed by atoms with E-state index in [4.69, 9.17) is 16.3 Å². The Kier molecular flexibility index (Phi) is 6.18. The molecule has 4 nitrogen and oxygen atoms in total. The highest BCUT2D eigenvalue weighted by molar-refractivity contribution is 6.31. The van der Waals surface area contributed by atoms with E-state index in [-0.39, 0.29) is 0 Å². The summed E-state index contributed by atoms with van der Waals surface area (Å²) in [5, 5.41) is 7.57. The molecule has 116 valence electrons. The summed E-state index contributed by atoms with van der Waals surface area (Å²) in [7, 11) is 3.45. The first-order chi connectivity index (χ1) is 10.2. The van der Waals surface area contributed by atoms with Gasteiger partial charge < -0.3 is 15.4 Å². The summed E-state index contributed by atoms with van der Waals surface area (Å²) in [6.45, 7) is 0.804. The first-order valence-electron chi connectivity index (χ1n) is 7.52. The lowest BCUT2D eigenvalue weighted by Crippen LogP contribution is -2.43. The second-order valence-electron chi connectivity index (χ2n) is 5.33. The van der Waals surface area contributed by atoms with Gasteiger partial charge in [-0.2, -0.15) is 0 Å². The number of guanidine groups is 1. The van der Waals surface area contributed by atoms with E-state index >= 15 is 0 Å². The zero-order valence-electron chi connectivity index (χ0n) is 12.8. The largest absolute Gasteiger partial charge is 0.497 e. The predicted octanol–water partition coefficient (Wildman–Crippen LogP) is 3.00. The van der Waals surface area contributed by atoms with E-state index in [9.17, 15) is 0 Å². The van der Waals surface area contributed by atoms with E-state index in [1.165, 1.54) is 25.7 Å². The quantitative estimate of drug-likeness (QED) is 0.649. The highest BCUT2D eigenvalue weighted by Gasteiger charge is 2.15. The van der Waals surface area contributed by atoms with Gasteiger partial charge in [0.1, 0.15) is 5.75 Å². The Morgan fingerprint density at radius 1 is 1.38 bits per heavy atom. The Morgan fingerprint density at radius 3 is 2.76 bits per heavy atom. The molecule has 0 radical (unpaired) electrons. The molecular weight excluding hydrogens is 286 g/mol. The maximum atomic E-state index is 6.24. The lowest BCUT2D eigenvalue weighted by molar-refractivity contribution is 0.414. The van der Waals surface area contributed by atoms with Crippen LogP contribution in [0.15, 0.2) is 23.2 Å². The number of aliphatic imine (C=N–C) groups is 1. The van der Waals surface area contributed by atoms with Crippen LogP contribution in [-0.2, 0) is 6.42 Å². The van der Waals surface area contributed by atoms with Gasteiger partial charge in [-0.05, 0) is 37.0 Å². The third-order valence-electron chi connectivity index (χ3n) is 3.87. The minimum absolute atomic E-state index is 0.570. The van der Waals surface area contributed by atoms with Crippen molar-refractivity contribution >= 4 is 17.6 Å². The van der Waals surface area contributed by atoms with Gasteiger partial charge >= 0.3 is 0 Å². The Hall–Kier alpha value is -1.42. The molecule has 0 heterocycles. The number of hydrogen-bond acceptors (Lipinski definition) is 2. The van der Waals surface area contributed by atoms with Crippen LogP contribution in [0.4, 0.5) is 0 Å². The van der Waals surface area contributed by atoms with Crippen molar-refractivity contribution in [2.24, 2.45) is 4.99 Å². The van der Waals surface area contributed by atoms with Gasteiger partial charge in [-0.1, -0.05) is 30.5 Å². The molecule has 0 bridgehead atoms. The van der Waals surface area contributed by atoms with Gasteiger partial charge in [0.25, 0.3) is 0 Å². The predicted molar refractivity (Wildman–Crippen MR) is 88.5 cm³/mol. The van der Waals surface area contributed by atoms with Crippen LogP contribution in [-0.4, -0.2) is 32.7 Å². The van der Waals surface area contributed by atoms with Crippen LogP contribution in [0.2, 0.25) is 5.02 Å². The van der Waals surface area contributed by atoms with Crippen LogP contribution in [0.25, 0.3) is 0 Å². The van der Waals surface area contributed by atoms with Crippen LogP contribution in [0.1, 0.15) is 31.2 Å². The molecule has 0 aromatic heterocycles. The number of nitrogens with zero attached hydrogens (tertiary/aromatic N) is 1. The average molecular weight is 310 g/mol. The zero-order chi connectivity index (χ0) is 15.1. The molecule has 0 aliphatic heterocycles. The highest BCUT2D eigenvalue weighted by Crippen LogP contribution is 2.22. The van der Waals surface area contributed by atoms with E-state index in [2.05, 4.69) is 15.6 Å². The number of benzene rings is 1. The van der Waals surface area contributed by atoms with Gasteiger partial charge in [0, 0.05) is 24.7 Å². The van der Waals surface area contributed by atoms with E-state index in [0.717, 1.165) is 35.3 Å². The molecule has 2 rings (SSSR count). The van der Waals surface area contributed by atoms with E-state index in [0.29, 0.717) is 6.04 Å². The molecule has 1 aromatic rings. The summed E-state index contributed by atoms with van der Waals surface area (Å²) in [5.74, 6) is 1.67. The summed E-state index contributed by atoms with van der Waals surface area (Å²) in [5.41, 5.74) is 1.11. The summed E-state index contributed by atoms with van der Waals surface area (Å²) >= 11 is 6.24. The van der Waals surface area contributed by atoms with Crippen molar-refractivity contribution in [3.63, 3.8) is 0 Å². The topological polar surface area (TPSA) is 45.7 Å². The number of nitrogens with one attached hydrogen (secondary N) is 2. The Labute approximate surface area is 131 Å². The molecule has 0 unspecified atom stereocenters. The Bertz CT molecular complexity index is 484. The molecule has 1 aromatic carbocycles. The Morgan fingerprint density at radius 2 is 2.14 bits per heavy atom. The molecule has 2 N–H and O–H groups in total. The molecule has 21 heavy (non-hydrogen) atoms. The summed E-state index contributed by atoms with van der Waals surface area (Å²) < 4.78 is 5.16. The van der Waals surface area contributed by atoms with Crippen LogP contribution < -0.4 is 15.4 Å². The number of ether oxygens (including phenoxy) is 1. The average Bonchev–Trinajstić information content (AvgIpc) is 3.00. The standard InChI is InChI=1S/C16H24ClN3O/c1-18-16(20-13-5-3-4-6-13)19-10-9-12-7-8-14(21-2)11-15(12)17/h7-8,11,13H,3-6,9-10H2,1-2H3,(H2,18,19,20). The number of methoxy groups -OCH3 is 1. The summed E-state index contributed by atoms with van der Waals surface area (Å²) in [6, 6.07) is 6.37. The van der Waals surface area contributed by atoms with Gasteiger partial charge in [0.05, 0.1) is 7.11 Å². The molecule has 0 spiro atoms. The van der Waals surface area contributed by atoms with Crippen molar-refractivity contribution in [1.29, 1.82) is 0 Å². The van der Waals surface area contributed by atoms with Gasteiger partial charge in [0.2, 0.25) is 0 Å². The second kappa shape index (κ2) is 8.13. The van der Waals surface area contributed by atoms with Crippen LogP contribution in [0.5, 0.6) is 5.75 Å². The molecule has 1 aliphatic rings. The maximum absolute atomic E-state index is 6.24. The van der Waals surface area contributed by atoms with Crippen molar-refractivity contribution in [3.8, 4) is 5.75 Å². The molecule has 0 amide bonds.